The van der Waals surface area contributed by atoms with E-state index in [1.165, 1.54) is 38.5 Å². The molecule has 0 aromatic heterocycles. The standard InChI is InChI=1S/C32H50O3/c1-8-20(2)26(28(3,4)5)18-34-31-13-22-11-25(17-31)32(14-22,19-31)27(33)35-29(6,7)30-12-21-9-23(15-30)24(10-21)16-30/h8,20-26H,1,9-19H2,2-7H3/t20-,21?,22?,23?,24?,25?,26?,30?,31?,32?/m0/s1. The maximum absolute atomic E-state index is 14.1. The van der Waals surface area contributed by atoms with E-state index in [0.717, 1.165) is 50.0 Å². The number of esters is 1. The molecule has 0 saturated heterocycles. The van der Waals surface area contributed by atoms with Gasteiger partial charge in [-0.05, 0) is 125 Å². The lowest BCUT2D eigenvalue weighted by atomic mass is 9.61. The number of hydrogen-bond acceptors (Lipinski definition) is 3. The number of ether oxygens (including phenoxy) is 2. The Balaban J connectivity index is 1.18. The van der Waals surface area contributed by atoms with E-state index in [-0.39, 0.29) is 33.4 Å². The normalized spacial score (nSPS) is 46.9. The fraction of sp³-hybridized carbons (Fsp3) is 0.906. The molecule has 8 atom stereocenters. The summed E-state index contributed by atoms with van der Waals surface area (Å²) in [7, 11) is 0. The van der Waals surface area contributed by atoms with Crippen LogP contribution in [0, 0.1) is 57.7 Å². The number of carbonyl (C=O) groups excluding carboxylic acids is 1. The molecular weight excluding hydrogens is 432 g/mol. The zero-order valence-electron chi connectivity index (χ0n) is 23.3. The monoisotopic (exact) mass is 482 g/mol. The van der Waals surface area contributed by atoms with Crippen LogP contribution in [0.3, 0.4) is 0 Å². The molecular formula is C32H50O3. The average molecular weight is 483 g/mol. The molecule has 8 rings (SSSR count). The van der Waals surface area contributed by atoms with Crippen molar-refractivity contribution < 1.29 is 14.3 Å². The highest BCUT2D eigenvalue weighted by Gasteiger charge is 2.70. The Morgan fingerprint density at radius 1 is 0.971 bits per heavy atom. The van der Waals surface area contributed by atoms with Crippen molar-refractivity contribution in [2.24, 2.45) is 57.7 Å². The maximum atomic E-state index is 14.1. The van der Waals surface area contributed by atoms with Crippen molar-refractivity contribution >= 4 is 5.97 Å². The van der Waals surface area contributed by atoms with Gasteiger partial charge < -0.3 is 9.47 Å². The Kier molecular flexibility index (Phi) is 5.33. The van der Waals surface area contributed by atoms with Crippen LogP contribution in [0.2, 0.25) is 0 Å². The van der Waals surface area contributed by atoms with E-state index in [1.54, 1.807) is 0 Å². The molecule has 7 unspecified atom stereocenters. The molecule has 8 aliphatic carbocycles. The Morgan fingerprint density at radius 3 is 2.26 bits per heavy atom. The molecule has 8 saturated carbocycles. The maximum Gasteiger partial charge on any atom is 0.313 e. The third-order valence-corrected chi connectivity index (χ3v) is 12.6. The van der Waals surface area contributed by atoms with Gasteiger partial charge in [-0.3, -0.25) is 4.79 Å². The van der Waals surface area contributed by atoms with Crippen LogP contribution >= 0.6 is 0 Å². The third-order valence-electron chi connectivity index (χ3n) is 12.6. The summed E-state index contributed by atoms with van der Waals surface area (Å²) in [5.74, 6) is 4.72. The lowest BCUT2D eigenvalue weighted by Crippen LogP contribution is -2.52. The molecule has 196 valence electrons. The van der Waals surface area contributed by atoms with Crippen molar-refractivity contribution in [1.82, 2.24) is 0 Å². The first-order chi connectivity index (χ1) is 16.3. The second kappa shape index (κ2) is 7.61. The van der Waals surface area contributed by atoms with Crippen LogP contribution < -0.4 is 0 Å². The lowest BCUT2D eigenvalue weighted by Gasteiger charge is -2.50. The van der Waals surface area contributed by atoms with Crippen molar-refractivity contribution in [3.63, 3.8) is 0 Å². The van der Waals surface area contributed by atoms with Crippen LogP contribution in [0.5, 0.6) is 0 Å². The van der Waals surface area contributed by atoms with Crippen molar-refractivity contribution in [1.29, 1.82) is 0 Å². The molecule has 8 fully saturated rings. The summed E-state index contributed by atoms with van der Waals surface area (Å²) in [6.45, 7) is 18.6. The summed E-state index contributed by atoms with van der Waals surface area (Å²) in [5, 5.41) is 0. The first-order valence-electron chi connectivity index (χ1n) is 14.8. The Hall–Kier alpha value is -0.830. The number of allylic oxidation sites excluding steroid dienone is 1. The van der Waals surface area contributed by atoms with Gasteiger partial charge in [-0.2, -0.15) is 0 Å². The van der Waals surface area contributed by atoms with Crippen LogP contribution in [0.25, 0.3) is 0 Å². The zero-order valence-corrected chi connectivity index (χ0v) is 23.3. The molecule has 3 heteroatoms. The first-order valence-corrected chi connectivity index (χ1v) is 14.8. The molecule has 0 aromatic carbocycles. The summed E-state index contributed by atoms with van der Waals surface area (Å²) in [6.07, 6.45) is 14.1. The highest BCUT2D eigenvalue weighted by molar-refractivity contribution is 5.79. The molecule has 8 bridgehead atoms. The van der Waals surface area contributed by atoms with Crippen molar-refractivity contribution in [3.8, 4) is 0 Å². The highest BCUT2D eigenvalue weighted by atomic mass is 16.6. The minimum atomic E-state index is -0.352. The third kappa shape index (κ3) is 3.56. The molecule has 0 aromatic rings. The van der Waals surface area contributed by atoms with E-state index < -0.39 is 0 Å². The molecule has 0 heterocycles. The number of carbonyl (C=O) groups is 1. The molecule has 0 amide bonds. The van der Waals surface area contributed by atoms with E-state index in [2.05, 4.69) is 54.2 Å². The number of hydrogen-bond donors (Lipinski definition) is 0. The molecule has 3 nitrogen and oxygen atoms in total. The SMILES string of the molecule is C=C[C@H](C)C(COC12CC3CC(C1)C(C(=O)OC(C)(C)C14CC5CC(C1)C(C5)C4)(C3)C2)C(C)(C)C. The smallest absolute Gasteiger partial charge is 0.313 e. The molecule has 8 aliphatic rings. The fourth-order valence-corrected chi connectivity index (χ4v) is 10.9. The van der Waals surface area contributed by atoms with Crippen LogP contribution in [0.15, 0.2) is 12.7 Å². The van der Waals surface area contributed by atoms with Gasteiger partial charge in [0.05, 0.1) is 17.6 Å². The van der Waals surface area contributed by atoms with Gasteiger partial charge in [0.1, 0.15) is 5.60 Å². The van der Waals surface area contributed by atoms with Crippen molar-refractivity contribution in [2.75, 3.05) is 6.61 Å². The van der Waals surface area contributed by atoms with Gasteiger partial charge in [0.2, 0.25) is 0 Å². The number of rotatable bonds is 8. The Labute approximate surface area is 214 Å². The summed E-state index contributed by atoms with van der Waals surface area (Å²) in [5.41, 5.74) is -0.383. The molecule has 0 N–H and O–H groups in total. The minimum absolute atomic E-state index is 0.122. The van der Waals surface area contributed by atoms with Crippen LogP contribution in [-0.2, 0) is 14.3 Å². The van der Waals surface area contributed by atoms with Gasteiger partial charge >= 0.3 is 5.97 Å². The van der Waals surface area contributed by atoms with Gasteiger partial charge in [0.25, 0.3) is 0 Å². The predicted octanol–water partition coefficient (Wildman–Crippen LogP) is 7.58. The molecule has 35 heavy (non-hydrogen) atoms. The molecule has 0 radical (unpaired) electrons. The van der Waals surface area contributed by atoms with Crippen LogP contribution in [-0.4, -0.2) is 23.8 Å². The zero-order chi connectivity index (χ0) is 25.0. The van der Waals surface area contributed by atoms with E-state index in [9.17, 15) is 4.79 Å². The van der Waals surface area contributed by atoms with E-state index >= 15 is 0 Å². The van der Waals surface area contributed by atoms with E-state index in [0.29, 0.717) is 23.7 Å². The second-order valence-corrected chi connectivity index (χ2v) is 16.0. The first kappa shape index (κ1) is 24.5. The van der Waals surface area contributed by atoms with Gasteiger partial charge in [-0.15, -0.1) is 6.58 Å². The summed E-state index contributed by atoms with van der Waals surface area (Å²) in [6, 6.07) is 0. The topological polar surface area (TPSA) is 35.5 Å². The van der Waals surface area contributed by atoms with Gasteiger partial charge in [-0.25, -0.2) is 0 Å². The van der Waals surface area contributed by atoms with E-state index in [4.69, 9.17) is 9.47 Å². The van der Waals surface area contributed by atoms with Gasteiger partial charge in [0.15, 0.2) is 0 Å². The van der Waals surface area contributed by atoms with Crippen LogP contribution in [0.4, 0.5) is 0 Å². The largest absolute Gasteiger partial charge is 0.459 e. The quantitative estimate of drug-likeness (QED) is 0.264. The second-order valence-electron chi connectivity index (χ2n) is 16.0. The summed E-state index contributed by atoms with van der Waals surface area (Å²) in [4.78, 5) is 14.1. The minimum Gasteiger partial charge on any atom is -0.459 e. The average Bonchev–Trinajstić information content (AvgIpc) is 3.35. The Bertz CT molecular complexity index is 877. The van der Waals surface area contributed by atoms with Gasteiger partial charge in [0, 0.05) is 5.41 Å². The van der Waals surface area contributed by atoms with Crippen molar-refractivity contribution in [3.05, 3.63) is 12.7 Å². The predicted molar refractivity (Wildman–Crippen MR) is 140 cm³/mol. The van der Waals surface area contributed by atoms with E-state index in [1.807, 2.05) is 0 Å². The van der Waals surface area contributed by atoms with Crippen molar-refractivity contribution in [2.45, 2.75) is 117 Å². The summed E-state index contributed by atoms with van der Waals surface area (Å²) < 4.78 is 13.6. The molecule has 0 aliphatic heterocycles. The highest BCUT2D eigenvalue weighted by Crippen LogP contribution is 2.71. The lowest BCUT2D eigenvalue weighted by molar-refractivity contribution is -0.193. The Morgan fingerprint density at radius 2 is 1.66 bits per heavy atom. The fourth-order valence-electron chi connectivity index (χ4n) is 10.9. The van der Waals surface area contributed by atoms with Crippen LogP contribution in [0.1, 0.15) is 106 Å². The van der Waals surface area contributed by atoms with Gasteiger partial charge in [-0.1, -0.05) is 33.8 Å². The molecule has 0 spiro atoms. The summed E-state index contributed by atoms with van der Waals surface area (Å²) >= 11 is 0.